The molecule has 0 radical (unpaired) electrons. The quantitative estimate of drug-likeness (QED) is 0.830. The van der Waals surface area contributed by atoms with E-state index in [1.807, 2.05) is 19.2 Å². The Bertz CT molecular complexity index is 836. The maximum absolute atomic E-state index is 13.3. The van der Waals surface area contributed by atoms with Crippen molar-refractivity contribution in [2.24, 2.45) is 0 Å². The molecule has 2 saturated heterocycles. The molecule has 5 nitrogen and oxygen atoms in total. The molecule has 2 aliphatic rings. The van der Waals surface area contributed by atoms with Crippen LogP contribution in [0.25, 0.3) is 0 Å². The third-order valence-corrected chi connectivity index (χ3v) is 5.39. The van der Waals surface area contributed by atoms with Gasteiger partial charge in [-0.2, -0.15) is 0 Å². The van der Waals surface area contributed by atoms with Gasteiger partial charge in [0.1, 0.15) is 11.4 Å². The third-order valence-electron chi connectivity index (χ3n) is 5.39. The molecule has 1 aromatic heterocycles. The van der Waals surface area contributed by atoms with E-state index in [4.69, 9.17) is 9.47 Å². The Balaban J connectivity index is 1.33. The molecule has 2 aromatic rings. The van der Waals surface area contributed by atoms with Gasteiger partial charge in [-0.1, -0.05) is 6.07 Å². The van der Waals surface area contributed by atoms with Crippen molar-refractivity contribution in [3.05, 3.63) is 65.2 Å². The zero-order chi connectivity index (χ0) is 18.9. The smallest absolute Gasteiger partial charge is 0.254 e. The number of benzene rings is 1. The lowest BCUT2D eigenvalue weighted by Gasteiger charge is -2.53. The van der Waals surface area contributed by atoms with E-state index in [1.54, 1.807) is 23.2 Å². The van der Waals surface area contributed by atoms with E-state index >= 15 is 0 Å². The minimum absolute atomic E-state index is 0.102. The van der Waals surface area contributed by atoms with Crippen LogP contribution in [0.3, 0.4) is 0 Å². The summed E-state index contributed by atoms with van der Waals surface area (Å²) in [5, 5.41) is 0. The maximum Gasteiger partial charge on any atom is 0.254 e. The Morgan fingerprint density at radius 2 is 2.26 bits per heavy atom. The van der Waals surface area contributed by atoms with Crippen LogP contribution < -0.4 is 0 Å². The summed E-state index contributed by atoms with van der Waals surface area (Å²) in [6.45, 7) is 4.25. The number of hydrogen-bond acceptors (Lipinski definition) is 4. The third kappa shape index (κ3) is 3.87. The predicted octanol–water partition coefficient (Wildman–Crippen LogP) is 3.12. The van der Waals surface area contributed by atoms with Crippen molar-refractivity contribution in [3.63, 3.8) is 0 Å². The van der Waals surface area contributed by atoms with Crippen molar-refractivity contribution >= 4 is 5.91 Å². The Morgan fingerprint density at radius 1 is 1.41 bits per heavy atom. The molecule has 27 heavy (non-hydrogen) atoms. The standard InChI is InChI=1S/C21H23FN2O3/c1-15-5-7-23-11-17(15)12-26-19-6-8-27-21(10-19)13-24(14-21)20(25)16-3-2-4-18(22)9-16/h2-5,7,9,11,19H,6,8,10,12-14H2,1H3/t19-/m1/s1. The van der Waals surface area contributed by atoms with E-state index in [2.05, 4.69) is 4.98 Å². The first kappa shape index (κ1) is 18.1. The molecule has 1 aromatic carbocycles. The molecular weight excluding hydrogens is 347 g/mol. The monoisotopic (exact) mass is 370 g/mol. The first-order valence-electron chi connectivity index (χ1n) is 9.25. The molecule has 1 spiro atoms. The highest BCUT2D eigenvalue weighted by molar-refractivity contribution is 5.94. The van der Waals surface area contributed by atoms with Crippen LogP contribution in [0, 0.1) is 12.7 Å². The van der Waals surface area contributed by atoms with Crippen molar-refractivity contribution in [2.45, 2.75) is 38.1 Å². The lowest BCUT2D eigenvalue weighted by Crippen LogP contribution is -2.67. The normalized spacial score (nSPS) is 21.1. The molecule has 0 aliphatic carbocycles. The van der Waals surface area contributed by atoms with Gasteiger partial charge in [0, 0.05) is 31.0 Å². The molecule has 0 N–H and O–H groups in total. The molecule has 6 heteroatoms. The predicted molar refractivity (Wildman–Crippen MR) is 97.8 cm³/mol. The summed E-state index contributed by atoms with van der Waals surface area (Å²) in [5.74, 6) is -0.554. The zero-order valence-corrected chi connectivity index (χ0v) is 15.4. The number of likely N-dealkylation sites (tertiary alicyclic amines) is 1. The fourth-order valence-electron chi connectivity index (χ4n) is 3.80. The minimum Gasteiger partial charge on any atom is -0.373 e. The Hall–Kier alpha value is -2.31. The van der Waals surface area contributed by atoms with Gasteiger partial charge in [-0.05, 0) is 48.7 Å². The van der Waals surface area contributed by atoms with Crippen molar-refractivity contribution in [3.8, 4) is 0 Å². The fraction of sp³-hybridized carbons (Fsp3) is 0.429. The van der Waals surface area contributed by atoms with Crippen molar-refractivity contribution < 1.29 is 18.7 Å². The summed E-state index contributed by atoms with van der Waals surface area (Å²) < 4.78 is 25.4. The van der Waals surface area contributed by atoms with Gasteiger partial charge in [0.2, 0.25) is 0 Å². The Labute approximate surface area is 158 Å². The second-order valence-corrected chi connectivity index (χ2v) is 7.43. The molecule has 2 aliphatic heterocycles. The van der Waals surface area contributed by atoms with Crippen LogP contribution in [0.4, 0.5) is 4.39 Å². The number of ether oxygens (including phenoxy) is 2. The summed E-state index contributed by atoms with van der Waals surface area (Å²) in [7, 11) is 0. The Kier molecular flexibility index (Phi) is 4.93. The van der Waals surface area contributed by atoms with Gasteiger partial charge in [-0.3, -0.25) is 9.78 Å². The van der Waals surface area contributed by atoms with E-state index in [-0.39, 0.29) is 17.6 Å². The highest BCUT2D eigenvalue weighted by Gasteiger charge is 2.49. The van der Waals surface area contributed by atoms with Crippen LogP contribution in [0.1, 0.15) is 34.3 Å². The van der Waals surface area contributed by atoms with Gasteiger partial charge in [-0.15, -0.1) is 0 Å². The highest BCUT2D eigenvalue weighted by atomic mass is 19.1. The lowest BCUT2D eigenvalue weighted by molar-refractivity contribution is -0.188. The van der Waals surface area contributed by atoms with Crippen molar-refractivity contribution in [1.82, 2.24) is 9.88 Å². The summed E-state index contributed by atoms with van der Waals surface area (Å²) in [6.07, 6.45) is 5.33. The van der Waals surface area contributed by atoms with Gasteiger partial charge in [0.25, 0.3) is 5.91 Å². The average Bonchev–Trinajstić information content (AvgIpc) is 2.65. The molecule has 2 fully saturated rings. The number of pyridine rings is 1. The van der Waals surface area contributed by atoms with E-state index in [9.17, 15) is 9.18 Å². The van der Waals surface area contributed by atoms with Crippen LogP contribution in [0.15, 0.2) is 42.7 Å². The number of nitrogens with zero attached hydrogens (tertiary/aromatic N) is 2. The number of carbonyl (C=O) groups excluding carboxylic acids is 1. The van der Waals surface area contributed by atoms with Gasteiger partial charge in [0.15, 0.2) is 0 Å². The molecule has 1 amide bonds. The van der Waals surface area contributed by atoms with E-state index < -0.39 is 5.82 Å². The van der Waals surface area contributed by atoms with Crippen LogP contribution in [0.5, 0.6) is 0 Å². The van der Waals surface area contributed by atoms with Crippen LogP contribution in [-0.4, -0.2) is 47.2 Å². The van der Waals surface area contributed by atoms with Gasteiger partial charge in [-0.25, -0.2) is 4.39 Å². The molecule has 0 unspecified atom stereocenters. The highest BCUT2D eigenvalue weighted by Crippen LogP contribution is 2.36. The fourth-order valence-corrected chi connectivity index (χ4v) is 3.80. The van der Waals surface area contributed by atoms with Gasteiger partial charge in [0.05, 0.1) is 25.8 Å². The van der Waals surface area contributed by atoms with E-state index in [1.165, 1.54) is 17.7 Å². The largest absolute Gasteiger partial charge is 0.373 e. The van der Waals surface area contributed by atoms with E-state index in [0.717, 1.165) is 18.4 Å². The van der Waals surface area contributed by atoms with Crippen LogP contribution in [0.2, 0.25) is 0 Å². The van der Waals surface area contributed by atoms with Crippen molar-refractivity contribution in [1.29, 1.82) is 0 Å². The molecule has 0 saturated carbocycles. The summed E-state index contributed by atoms with van der Waals surface area (Å²) in [4.78, 5) is 18.4. The first-order valence-corrected chi connectivity index (χ1v) is 9.25. The SMILES string of the molecule is Cc1ccncc1CO[C@@H]1CCOC2(C1)CN(C(=O)c1cccc(F)c1)C2. The van der Waals surface area contributed by atoms with Crippen LogP contribution in [-0.2, 0) is 16.1 Å². The second kappa shape index (κ2) is 7.37. The summed E-state index contributed by atoms with van der Waals surface area (Å²) in [5.41, 5.74) is 2.30. The molecule has 4 rings (SSSR count). The molecule has 1 atom stereocenters. The Morgan fingerprint density at radius 3 is 3.04 bits per heavy atom. The number of halogens is 1. The number of amides is 1. The first-order chi connectivity index (χ1) is 13.0. The molecule has 0 bridgehead atoms. The average molecular weight is 370 g/mol. The number of aromatic nitrogens is 1. The maximum atomic E-state index is 13.3. The minimum atomic E-state index is -0.399. The van der Waals surface area contributed by atoms with Gasteiger partial charge >= 0.3 is 0 Å². The zero-order valence-electron chi connectivity index (χ0n) is 15.4. The number of aryl methyl sites for hydroxylation is 1. The summed E-state index contributed by atoms with van der Waals surface area (Å²) in [6, 6.07) is 7.79. The topological polar surface area (TPSA) is 51.7 Å². The second-order valence-electron chi connectivity index (χ2n) is 7.43. The number of carbonyl (C=O) groups is 1. The summed E-state index contributed by atoms with van der Waals surface area (Å²) >= 11 is 0. The lowest BCUT2D eigenvalue weighted by atomic mass is 9.84. The molecule has 142 valence electrons. The number of rotatable bonds is 4. The van der Waals surface area contributed by atoms with E-state index in [0.29, 0.717) is 31.9 Å². The van der Waals surface area contributed by atoms with Crippen molar-refractivity contribution in [2.75, 3.05) is 19.7 Å². The van der Waals surface area contributed by atoms with Gasteiger partial charge < -0.3 is 14.4 Å². The molecular formula is C21H23FN2O3. The van der Waals surface area contributed by atoms with Crippen LogP contribution >= 0.6 is 0 Å². The molecule has 3 heterocycles. The number of hydrogen-bond donors (Lipinski definition) is 0.